The molecule has 0 spiro atoms. The molecule has 2 aromatic rings. The molecule has 0 aliphatic heterocycles. The Hall–Kier alpha value is -3.15. The van der Waals surface area contributed by atoms with E-state index in [0.717, 1.165) is 12.0 Å². The first-order chi connectivity index (χ1) is 12.9. The maximum absolute atomic E-state index is 12.7. The molecule has 1 aliphatic carbocycles. The molecule has 0 unspecified atom stereocenters. The number of benzene rings is 2. The Kier molecular flexibility index (Phi) is 5.26. The summed E-state index contributed by atoms with van der Waals surface area (Å²) in [5.41, 5.74) is 0.620. The smallest absolute Gasteiger partial charge is 0.317 e. The molecule has 2 aromatic carbocycles. The summed E-state index contributed by atoms with van der Waals surface area (Å²) in [7, 11) is 0. The number of rotatable bonds is 6. The normalized spacial score (nSPS) is 14.7. The molecule has 6 heteroatoms. The highest BCUT2D eigenvalue weighted by molar-refractivity contribution is 6.01. The number of carbonyl (C=O) groups excluding carboxylic acids is 3. The van der Waals surface area contributed by atoms with Crippen molar-refractivity contribution in [2.45, 2.75) is 31.6 Å². The topological polar surface area (TPSA) is 92.7 Å². The molecule has 0 heterocycles. The van der Waals surface area contributed by atoms with Crippen LogP contribution in [0.4, 0.5) is 5.69 Å². The number of ether oxygens (including phenoxy) is 1. The predicted molar refractivity (Wildman–Crippen MR) is 99.7 cm³/mol. The van der Waals surface area contributed by atoms with E-state index >= 15 is 0 Å². The van der Waals surface area contributed by atoms with Crippen molar-refractivity contribution in [1.29, 1.82) is 0 Å². The molecule has 0 aromatic heterocycles. The van der Waals surface area contributed by atoms with Crippen LogP contribution in [-0.4, -0.2) is 29.4 Å². The van der Waals surface area contributed by atoms with Gasteiger partial charge in [0.1, 0.15) is 5.75 Å². The third-order valence-corrected chi connectivity index (χ3v) is 4.89. The van der Waals surface area contributed by atoms with E-state index in [1.54, 1.807) is 0 Å². The zero-order valence-corrected chi connectivity index (χ0v) is 15.0. The summed E-state index contributed by atoms with van der Waals surface area (Å²) in [5.74, 6) is -1.31. The fourth-order valence-corrected chi connectivity index (χ4v) is 3.25. The van der Waals surface area contributed by atoms with Gasteiger partial charge in [0.15, 0.2) is 12.4 Å². The summed E-state index contributed by atoms with van der Waals surface area (Å²) < 4.78 is 5.33. The zero-order chi connectivity index (χ0) is 19.4. The Morgan fingerprint density at radius 3 is 2.41 bits per heavy atom. The molecule has 1 saturated carbocycles. The van der Waals surface area contributed by atoms with Crippen LogP contribution in [0.5, 0.6) is 5.75 Å². The van der Waals surface area contributed by atoms with E-state index in [1.165, 1.54) is 25.1 Å². The average Bonchev–Trinajstić information content (AvgIpc) is 2.61. The quantitative estimate of drug-likeness (QED) is 0.465. The van der Waals surface area contributed by atoms with Gasteiger partial charge in [0.2, 0.25) is 5.91 Å². The SMILES string of the molecule is CC(=O)Nc1cc(C(=O)COC(=O)C2(c3ccccc3)CCC2)ccc1O. The average molecular weight is 367 g/mol. The minimum absolute atomic E-state index is 0.138. The molecule has 3 rings (SSSR count). The standard InChI is InChI=1S/C21H21NO5/c1-14(23)22-17-12-15(8-9-18(17)24)19(25)13-27-20(26)21(10-5-11-21)16-6-3-2-4-7-16/h2-4,6-9,12,24H,5,10-11,13H2,1H3,(H,22,23). The van der Waals surface area contributed by atoms with Gasteiger partial charge in [-0.1, -0.05) is 36.8 Å². The van der Waals surface area contributed by atoms with Crippen molar-refractivity contribution in [1.82, 2.24) is 0 Å². The molecule has 140 valence electrons. The first-order valence-corrected chi connectivity index (χ1v) is 8.79. The number of ketones is 1. The highest BCUT2D eigenvalue weighted by Crippen LogP contribution is 2.44. The van der Waals surface area contributed by atoms with E-state index in [9.17, 15) is 19.5 Å². The van der Waals surface area contributed by atoms with Crippen LogP contribution < -0.4 is 5.32 Å². The molecule has 2 N–H and O–H groups in total. The van der Waals surface area contributed by atoms with E-state index in [-0.39, 0.29) is 22.9 Å². The molecule has 1 aliphatic rings. The number of esters is 1. The lowest BCUT2D eigenvalue weighted by Gasteiger charge is -2.39. The lowest BCUT2D eigenvalue weighted by molar-refractivity contribution is -0.153. The van der Waals surface area contributed by atoms with E-state index in [0.29, 0.717) is 12.8 Å². The number of carbonyl (C=O) groups is 3. The number of hydrogen-bond acceptors (Lipinski definition) is 5. The first-order valence-electron chi connectivity index (χ1n) is 8.79. The lowest BCUT2D eigenvalue weighted by atomic mass is 9.64. The second-order valence-corrected chi connectivity index (χ2v) is 6.71. The molecular weight excluding hydrogens is 346 g/mol. The van der Waals surface area contributed by atoms with Gasteiger partial charge in [0.25, 0.3) is 0 Å². The number of nitrogens with one attached hydrogen (secondary N) is 1. The maximum Gasteiger partial charge on any atom is 0.317 e. The van der Waals surface area contributed by atoms with E-state index in [4.69, 9.17) is 4.74 Å². The van der Waals surface area contributed by atoms with Crippen LogP contribution in [-0.2, 0) is 19.7 Å². The van der Waals surface area contributed by atoms with Crippen LogP contribution >= 0.6 is 0 Å². The molecule has 6 nitrogen and oxygen atoms in total. The van der Waals surface area contributed by atoms with E-state index in [2.05, 4.69) is 5.32 Å². The van der Waals surface area contributed by atoms with Gasteiger partial charge in [-0.15, -0.1) is 0 Å². The Morgan fingerprint density at radius 2 is 1.81 bits per heavy atom. The van der Waals surface area contributed by atoms with Crippen LogP contribution in [0, 0.1) is 0 Å². The van der Waals surface area contributed by atoms with Crippen molar-refractivity contribution in [3.63, 3.8) is 0 Å². The molecule has 0 bridgehead atoms. The number of hydrogen-bond donors (Lipinski definition) is 2. The minimum atomic E-state index is -0.669. The predicted octanol–water partition coefficient (Wildman–Crippen LogP) is 3.20. The van der Waals surface area contributed by atoms with Crippen molar-refractivity contribution in [2.75, 3.05) is 11.9 Å². The summed E-state index contributed by atoms with van der Waals surface area (Å²) in [6.45, 7) is 0.912. The van der Waals surface area contributed by atoms with Crippen LogP contribution in [0.15, 0.2) is 48.5 Å². The maximum atomic E-state index is 12.7. The summed E-state index contributed by atoms with van der Waals surface area (Å²) in [4.78, 5) is 36.2. The van der Waals surface area contributed by atoms with Crippen LogP contribution in [0.25, 0.3) is 0 Å². The summed E-state index contributed by atoms with van der Waals surface area (Å²) in [6, 6.07) is 13.6. The molecule has 27 heavy (non-hydrogen) atoms. The van der Waals surface area contributed by atoms with Crippen molar-refractivity contribution in [2.24, 2.45) is 0 Å². The third-order valence-electron chi connectivity index (χ3n) is 4.89. The molecule has 1 amide bonds. The Bertz CT molecular complexity index is 871. The number of phenols is 1. The fraction of sp³-hybridized carbons (Fsp3) is 0.286. The number of amides is 1. The zero-order valence-electron chi connectivity index (χ0n) is 15.0. The highest BCUT2D eigenvalue weighted by Gasteiger charge is 2.47. The van der Waals surface area contributed by atoms with Crippen LogP contribution in [0.1, 0.15) is 42.1 Å². The Labute approximate surface area is 157 Å². The fourth-order valence-electron chi connectivity index (χ4n) is 3.25. The van der Waals surface area contributed by atoms with Crippen molar-refractivity contribution in [3.8, 4) is 5.75 Å². The first kappa shape index (κ1) is 18.6. The van der Waals surface area contributed by atoms with Gasteiger partial charge in [-0.05, 0) is 36.6 Å². The summed E-state index contributed by atoms with van der Waals surface area (Å²) in [6.07, 6.45) is 2.35. The number of Topliss-reactive ketones (excluding diaryl/α,β-unsaturated/α-hetero) is 1. The molecule has 0 atom stereocenters. The second-order valence-electron chi connectivity index (χ2n) is 6.71. The van der Waals surface area contributed by atoms with Gasteiger partial charge in [-0.3, -0.25) is 14.4 Å². The number of phenolic OH excluding ortho intramolecular Hbond substituents is 1. The summed E-state index contributed by atoms with van der Waals surface area (Å²) in [5, 5.41) is 12.2. The largest absolute Gasteiger partial charge is 0.506 e. The molecule has 0 saturated heterocycles. The number of aromatic hydroxyl groups is 1. The lowest BCUT2D eigenvalue weighted by Crippen LogP contribution is -2.44. The second kappa shape index (κ2) is 7.61. The van der Waals surface area contributed by atoms with E-state index in [1.807, 2.05) is 30.3 Å². The minimum Gasteiger partial charge on any atom is -0.506 e. The highest BCUT2D eigenvalue weighted by atomic mass is 16.5. The van der Waals surface area contributed by atoms with Gasteiger partial charge in [0, 0.05) is 12.5 Å². The Balaban J connectivity index is 1.69. The van der Waals surface area contributed by atoms with Gasteiger partial charge < -0.3 is 15.2 Å². The van der Waals surface area contributed by atoms with E-state index < -0.39 is 23.8 Å². The summed E-state index contributed by atoms with van der Waals surface area (Å²) >= 11 is 0. The van der Waals surface area contributed by atoms with Crippen LogP contribution in [0.3, 0.4) is 0 Å². The van der Waals surface area contributed by atoms with Gasteiger partial charge in [-0.2, -0.15) is 0 Å². The van der Waals surface area contributed by atoms with Crippen molar-refractivity contribution >= 4 is 23.3 Å². The van der Waals surface area contributed by atoms with Crippen molar-refractivity contribution < 1.29 is 24.2 Å². The van der Waals surface area contributed by atoms with Crippen LogP contribution in [0.2, 0.25) is 0 Å². The van der Waals surface area contributed by atoms with Gasteiger partial charge in [0.05, 0.1) is 11.1 Å². The van der Waals surface area contributed by atoms with Gasteiger partial charge >= 0.3 is 5.97 Å². The molecule has 1 fully saturated rings. The third kappa shape index (κ3) is 3.84. The molecule has 0 radical (unpaired) electrons. The Morgan fingerprint density at radius 1 is 1.11 bits per heavy atom. The van der Waals surface area contributed by atoms with Crippen molar-refractivity contribution in [3.05, 3.63) is 59.7 Å². The van der Waals surface area contributed by atoms with Gasteiger partial charge in [-0.25, -0.2) is 0 Å². The molecular formula is C21H21NO5. The number of anilines is 1. The monoisotopic (exact) mass is 367 g/mol.